The Balaban J connectivity index is 2.06. The molecule has 3 nitrogen and oxygen atoms in total. The lowest BCUT2D eigenvalue weighted by atomic mass is 9.99. The average molecular weight is 284 g/mol. The summed E-state index contributed by atoms with van der Waals surface area (Å²) in [5.74, 6) is 2.14. The van der Waals surface area contributed by atoms with Crippen LogP contribution in [0.2, 0.25) is 0 Å². The Morgan fingerprint density at radius 1 is 1.42 bits per heavy atom. The van der Waals surface area contributed by atoms with E-state index in [9.17, 15) is 4.79 Å². The van der Waals surface area contributed by atoms with Crippen LogP contribution in [0.4, 0.5) is 0 Å². The first-order valence-electron chi connectivity index (χ1n) is 7.70. The molecular formula is C15H28N2OS. The SMILES string of the molecule is CCC1(C)NC(C2CCCC2)N(CCCSC)C1=O. The van der Waals surface area contributed by atoms with Crippen molar-refractivity contribution in [2.45, 2.75) is 64.1 Å². The molecule has 0 aromatic heterocycles. The molecule has 19 heavy (non-hydrogen) atoms. The molecule has 4 heteroatoms. The normalized spacial score (nSPS) is 32.5. The minimum Gasteiger partial charge on any atom is -0.325 e. The van der Waals surface area contributed by atoms with Gasteiger partial charge in [-0.3, -0.25) is 10.1 Å². The van der Waals surface area contributed by atoms with E-state index in [-0.39, 0.29) is 5.54 Å². The van der Waals surface area contributed by atoms with Crippen LogP contribution < -0.4 is 5.32 Å². The largest absolute Gasteiger partial charge is 0.325 e. The van der Waals surface area contributed by atoms with Gasteiger partial charge in [-0.2, -0.15) is 11.8 Å². The number of hydrogen-bond donors (Lipinski definition) is 1. The number of thioether (sulfide) groups is 1. The lowest BCUT2D eigenvalue weighted by Gasteiger charge is -2.29. The summed E-state index contributed by atoms with van der Waals surface area (Å²) in [5, 5.41) is 3.66. The standard InChI is InChI=1S/C15H28N2OS/c1-4-15(2)14(18)17(10-7-11-19-3)13(16-15)12-8-5-6-9-12/h12-13,16H,4-11H2,1-3H3. The number of nitrogens with zero attached hydrogens (tertiary/aromatic N) is 1. The summed E-state index contributed by atoms with van der Waals surface area (Å²) >= 11 is 1.87. The topological polar surface area (TPSA) is 32.3 Å². The minimum atomic E-state index is -0.327. The Hall–Kier alpha value is -0.220. The zero-order valence-corrected chi connectivity index (χ0v) is 13.4. The molecule has 0 aromatic carbocycles. The first-order valence-corrected chi connectivity index (χ1v) is 9.09. The van der Waals surface area contributed by atoms with Gasteiger partial charge in [0.15, 0.2) is 0 Å². The van der Waals surface area contributed by atoms with E-state index in [0.29, 0.717) is 18.0 Å². The van der Waals surface area contributed by atoms with Gasteiger partial charge < -0.3 is 4.90 Å². The first kappa shape index (κ1) is 15.2. The molecule has 2 aliphatic rings. The van der Waals surface area contributed by atoms with Crippen LogP contribution in [0, 0.1) is 5.92 Å². The van der Waals surface area contributed by atoms with Crippen LogP contribution in [0.3, 0.4) is 0 Å². The fourth-order valence-electron chi connectivity index (χ4n) is 3.43. The predicted octanol–water partition coefficient (Wildman–Crippen LogP) is 2.86. The quantitative estimate of drug-likeness (QED) is 0.761. The Morgan fingerprint density at radius 2 is 2.11 bits per heavy atom. The van der Waals surface area contributed by atoms with Crippen LogP contribution in [0.15, 0.2) is 0 Å². The van der Waals surface area contributed by atoms with Gasteiger partial charge in [-0.15, -0.1) is 0 Å². The Morgan fingerprint density at radius 3 is 2.68 bits per heavy atom. The minimum absolute atomic E-state index is 0.293. The van der Waals surface area contributed by atoms with Gasteiger partial charge in [0.25, 0.3) is 0 Å². The van der Waals surface area contributed by atoms with E-state index in [1.807, 2.05) is 11.8 Å². The van der Waals surface area contributed by atoms with Crippen LogP contribution in [0.5, 0.6) is 0 Å². The highest BCUT2D eigenvalue weighted by Gasteiger charge is 2.48. The summed E-state index contributed by atoms with van der Waals surface area (Å²) < 4.78 is 0. The van der Waals surface area contributed by atoms with E-state index in [0.717, 1.165) is 25.1 Å². The van der Waals surface area contributed by atoms with E-state index in [2.05, 4.69) is 30.3 Å². The highest BCUT2D eigenvalue weighted by molar-refractivity contribution is 7.98. The Kier molecular flexibility index (Phi) is 5.18. The molecule has 1 aliphatic carbocycles. The summed E-state index contributed by atoms with van der Waals surface area (Å²) in [6.07, 6.45) is 9.65. The Labute approximate surface area is 121 Å². The molecule has 0 aromatic rings. The predicted molar refractivity (Wildman–Crippen MR) is 82.3 cm³/mol. The summed E-state index contributed by atoms with van der Waals surface area (Å²) in [5.41, 5.74) is -0.327. The molecule has 1 aliphatic heterocycles. The van der Waals surface area contributed by atoms with Crippen molar-refractivity contribution in [1.29, 1.82) is 0 Å². The first-order chi connectivity index (χ1) is 9.12. The molecule has 1 amide bonds. The molecule has 0 bridgehead atoms. The van der Waals surface area contributed by atoms with Crippen LogP contribution >= 0.6 is 11.8 Å². The molecule has 1 saturated heterocycles. The molecule has 1 heterocycles. The zero-order valence-electron chi connectivity index (χ0n) is 12.6. The second-order valence-electron chi connectivity index (χ2n) is 6.16. The van der Waals surface area contributed by atoms with E-state index in [4.69, 9.17) is 0 Å². The second-order valence-corrected chi connectivity index (χ2v) is 7.15. The van der Waals surface area contributed by atoms with Gasteiger partial charge in [-0.1, -0.05) is 19.8 Å². The molecular weight excluding hydrogens is 256 g/mol. The maximum absolute atomic E-state index is 12.7. The van der Waals surface area contributed by atoms with Crippen molar-refractivity contribution in [2.75, 3.05) is 18.6 Å². The van der Waals surface area contributed by atoms with E-state index >= 15 is 0 Å². The smallest absolute Gasteiger partial charge is 0.243 e. The van der Waals surface area contributed by atoms with Gasteiger partial charge in [0.1, 0.15) is 0 Å². The molecule has 2 atom stereocenters. The van der Waals surface area contributed by atoms with Crippen molar-refractivity contribution in [3.8, 4) is 0 Å². The fourth-order valence-corrected chi connectivity index (χ4v) is 3.85. The molecule has 1 N–H and O–H groups in total. The van der Waals surface area contributed by atoms with Crippen LogP contribution in [0.25, 0.3) is 0 Å². The van der Waals surface area contributed by atoms with E-state index in [1.54, 1.807) is 0 Å². The summed E-state index contributed by atoms with van der Waals surface area (Å²) in [7, 11) is 0. The number of carbonyl (C=O) groups is 1. The Bertz CT molecular complexity index is 317. The van der Waals surface area contributed by atoms with Crippen LogP contribution in [-0.4, -0.2) is 41.1 Å². The maximum atomic E-state index is 12.7. The highest BCUT2D eigenvalue weighted by Crippen LogP contribution is 2.35. The molecule has 110 valence electrons. The third-order valence-electron chi connectivity index (χ3n) is 4.84. The summed E-state index contributed by atoms with van der Waals surface area (Å²) in [6, 6.07) is 0. The third kappa shape index (κ3) is 3.10. The monoisotopic (exact) mass is 284 g/mol. The number of nitrogens with one attached hydrogen (secondary N) is 1. The lowest BCUT2D eigenvalue weighted by molar-refractivity contribution is -0.133. The van der Waals surface area contributed by atoms with Crippen molar-refractivity contribution in [3.63, 3.8) is 0 Å². The van der Waals surface area contributed by atoms with Gasteiger partial charge in [0, 0.05) is 6.54 Å². The molecule has 2 rings (SSSR count). The lowest BCUT2D eigenvalue weighted by Crippen LogP contribution is -2.45. The fraction of sp³-hybridized carbons (Fsp3) is 0.933. The number of hydrogen-bond acceptors (Lipinski definition) is 3. The van der Waals surface area contributed by atoms with Crippen LogP contribution in [-0.2, 0) is 4.79 Å². The second kappa shape index (κ2) is 6.49. The molecule has 0 radical (unpaired) electrons. The van der Waals surface area contributed by atoms with Crippen molar-refractivity contribution in [3.05, 3.63) is 0 Å². The molecule has 2 unspecified atom stereocenters. The van der Waals surface area contributed by atoms with Crippen molar-refractivity contribution in [2.24, 2.45) is 5.92 Å². The summed E-state index contributed by atoms with van der Waals surface area (Å²) in [6.45, 7) is 5.11. The maximum Gasteiger partial charge on any atom is 0.243 e. The number of amides is 1. The van der Waals surface area contributed by atoms with E-state index < -0.39 is 0 Å². The van der Waals surface area contributed by atoms with Gasteiger partial charge >= 0.3 is 0 Å². The number of rotatable bonds is 6. The van der Waals surface area contributed by atoms with Crippen LogP contribution in [0.1, 0.15) is 52.4 Å². The zero-order chi connectivity index (χ0) is 13.9. The number of carbonyl (C=O) groups excluding carboxylic acids is 1. The van der Waals surface area contributed by atoms with Gasteiger partial charge in [0.2, 0.25) is 5.91 Å². The van der Waals surface area contributed by atoms with Gasteiger partial charge in [0.05, 0.1) is 11.7 Å². The van der Waals surface area contributed by atoms with Crippen molar-refractivity contribution >= 4 is 17.7 Å². The third-order valence-corrected chi connectivity index (χ3v) is 5.53. The molecule has 1 saturated carbocycles. The average Bonchev–Trinajstić information content (AvgIpc) is 3.01. The van der Waals surface area contributed by atoms with Gasteiger partial charge in [-0.25, -0.2) is 0 Å². The summed E-state index contributed by atoms with van der Waals surface area (Å²) in [4.78, 5) is 14.8. The molecule has 0 spiro atoms. The highest BCUT2D eigenvalue weighted by atomic mass is 32.2. The van der Waals surface area contributed by atoms with Gasteiger partial charge in [-0.05, 0) is 50.5 Å². The van der Waals surface area contributed by atoms with Crippen molar-refractivity contribution < 1.29 is 4.79 Å². The molecule has 2 fully saturated rings. The van der Waals surface area contributed by atoms with Crippen molar-refractivity contribution in [1.82, 2.24) is 10.2 Å². The van der Waals surface area contributed by atoms with E-state index in [1.165, 1.54) is 25.7 Å².